The van der Waals surface area contributed by atoms with Crippen molar-refractivity contribution < 1.29 is 32.3 Å². The van der Waals surface area contributed by atoms with Crippen molar-refractivity contribution >= 4 is 28.0 Å². The lowest BCUT2D eigenvalue weighted by Gasteiger charge is -2.18. The molecule has 0 unspecified atom stereocenters. The molecule has 0 fully saturated rings. The van der Waals surface area contributed by atoms with Crippen molar-refractivity contribution in [1.29, 1.82) is 0 Å². The summed E-state index contributed by atoms with van der Waals surface area (Å²) < 4.78 is 34.6. The molecule has 10 heteroatoms. The lowest BCUT2D eigenvalue weighted by molar-refractivity contribution is -0.147. The van der Waals surface area contributed by atoms with Crippen LogP contribution in [0.5, 0.6) is 0 Å². The Morgan fingerprint density at radius 3 is 1.94 bits per heavy atom. The van der Waals surface area contributed by atoms with E-state index < -0.39 is 34.0 Å². The Morgan fingerprint density at radius 2 is 1.39 bits per heavy atom. The quantitative estimate of drug-likeness (QED) is 0.356. The summed E-state index contributed by atoms with van der Waals surface area (Å²) >= 11 is 0. The summed E-state index contributed by atoms with van der Waals surface area (Å²) in [7, 11) is -3.62. The molecule has 0 aromatic heterocycles. The van der Waals surface area contributed by atoms with E-state index in [-0.39, 0.29) is 26.1 Å². The Bertz CT molecular complexity index is 1010. The van der Waals surface area contributed by atoms with Gasteiger partial charge in [0.05, 0.1) is 6.26 Å². The van der Waals surface area contributed by atoms with Gasteiger partial charge in [0.15, 0.2) is 0 Å². The highest BCUT2D eigenvalue weighted by Crippen LogP contribution is 2.09. The molecule has 0 saturated heterocycles. The van der Waals surface area contributed by atoms with Gasteiger partial charge in [-0.2, -0.15) is 0 Å². The average molecular weight is 477 g/mol. The maximum Gasteiger partial charge on any atom is 0.408 e. The number of carbonyl (C=O) groups is 3. The van der Waals surface area contributed by atoms with Gasteiger partial charge in [0.1, 0.15) is 19.3 Å². The number of sulfonamides is 1. The number of unbranched alkanes of at least 4 members (excludes halogenated alkanes) is 1. The van der Waals surface area contributed by atoms with Gasteiger partial charge >= 0.3 is 12.1 Å². The molecule has 0 aliphatic rings. The second kappa shape index (κ2) is 13.2. The van der Waals surface area contributed by atoms with Crippen LogP contribution in [-0.4, -0.2) is 38.7 Å². The molecule has 0 saturated carbocycles. The predicted molar refractivity (Wildman–Crippen MR) is 121 cm³/mol. The second-order valence-electron chi connectivity index (χ2n) is 7.40. The maximum absolute atomic E-state index is 12.6. The highest BCUT2D eigenvalue weighted by atomic mass is 32.2. The van der Waals surface area contributed by atoms with E-state index in [1.807, 2.05) is 53.3 Å². The fraction of sp³-hybridized carbons (Fsp3) is 0.348. The monoisotopic (exact) mass is 476 g/mol. The Morgan fingerprint density at radius 1 is 0.848 bits per heavy atom. The third-order valence-corrected chi connectivity index (χ3v) is 5.06. The molecule has 1 atom stereocenters. The first kappa shape index (κ1) is 25.9. The number of ether oxygens (including phenoxy) is 2. The van der Waals surface area contributed by atoms with Crippen LogP contribution < -0.4 is 10.0 Å². The van der Waals surface area contributed by atoms with Crippen molar-refractivity contribution in [3.63, 3.8) is 0 Å². The molecule has 0 aliphatic heterocycles. The molecule has 0 heterocycles. The lowest BCUT2D eigenvalue weighted by atomic mass is 10.1. The van der Waals surface area contributed by atoms with Crippen LogP contribution in [0.4, 0.5) is 4.79 Å². The number of benzene rings is 2. The zero-order valence-corrected chi connectivity index (χ0v) is 19.2. The fourth-order valence-corrected chi connectivity index (χ4v) is 3.39. The molecular weight excluding hydrogens is 448 g/mol. The van der Waals surface area contributed by atoms with Crippen LogP contribution in [0.25, 0.3) is 0 Å². The summed E-state index contributed by atoms with van der Waals surface area (Å²) in [4.78, 5) is 36.4. The van der Waals surface area contributed by atoms with Crippen molar-refractivity contribution in [2.24, 2.45) is 0 Å². The number of carbonyl (C=O) groups excluding carboxylic acids is 3. The Labute approximate surface area is 193 Å². The van der Waals surface area contributed by atoms with Crippen LogP contribution in [0.2, 0.25) is 0 Å². The minimum absolute atomic E-state index is 0.0304. The molecule has 2 amide bonds. The van der Waals surface area contributed by atoms with Gasteiger partial charge in [-0.25, -0.2) is 18.0 Å². The van der Waals surface area contributed by atoms with Gasteiger partial charge in [-0.1, -0.05) is 67.1 Å². The fourth-order valence-electron chi connectivity index (χ4n) is 2.88. The van der Waals surface area contributed by atoms with Gasteiger partial charge in [-0.3, -0.25) is 9.52 Å². The molecule has 2 aromatic rings. The normalized spacial score (nSPS) is 11.8. The number of esters is 1. The largest absolute Gasteiger partial charge is 0.459 e. The molecule has 178 valence electrons. The van der Waals surface area contributed by atoms with E-state index in [4.69, 9.17) is 9.47 Å². The first-order chi connectivity index (χ1) is 15.7. The molecule has 0 aliphatic carbocycles. The third-order valence-electron chi connectivity index (χ3n) is 4.46. The zero-order chi connectivity index (χ0) is 24.1. The highest BCUT2D eigenvalue weighted by molar-refractivity contribution is 7.89. The summed E-state index contributed by atoms with van der Waals surface area (Å²) in [6, 6.07) is 17.2. The standard InChI is InChI=1S/C23H28N2O7S/c1-33(29,30)25-21(26)15-9-8-14-20(22(27)31-16-18-10-4-2-5-11-18)24-23(28)32-17-19-12-6-3-7-13-19/h2-7,10-13,20H,8-9,14-17H2,1H3,(H,24,28)(H,25,26)/t20-/m0/s1. The first-order valence-corrected chi connectivity index (χ1v) is 12.3. The van der Waals surface area contributed by atoms with E-state index in [0.717, 1.165) is 17.4 Å². The van der Waals surface area contributed by atoms with Gasteiger partial charge in [0.2, 0.25) is 15.9 Å². The van der Waals surface area contributed by atoms with Crippen molar-refractivity contribution in [2.45, 2.75) is 44.9 Å². The summed E-state index contributed by atoms with van der Waals surface area (Å²) in [6.45, 7) is 0.0950. The van der Waals surface area contributed by atoms with Crippen molar-refractivity contribution in [1.82, 2.24) is 10.0 Å². The van der Waals surface area contributed by atoms with Crippen molar-refractivity contribution in [3.05, 3.63) is 71.8 Å². The smallest absolute Gasteiger partial charge is 0.408 e. The van der Waals surface area contributed by atoms with Crippen LogP contribution in [0.1, 0.15) is 36.8 Å². The summed E-state index contributed by atoms with van der Waals surface area (Å²) in [6.07, 6.45) is 0.994. The SMILES string of the molecule is CS(=O)(=O)NC(=O)CCCC[C@H](NC(=O)OCc1ccccc1)C(=O)OCc1ccccc1. The van der Waals surface area contributed by atoms with E-state index in [1.165, 1.54) is 0 Å². The molecular formula is C23H28N2O7S. The molecule has 2 N–H and O–H groups in total. The van der Waals surface area contributed by atoms with E-state index in [0.29, 0.717) is 12.8 Å². The van der Waals surface area contributed by atoms with Gasteiger partial charge in [-0.15, -0.1) is 0 Å². The molecule has 33 heavy (non-hydrogen) atoms. The van der Waals surface area contributed by atoms with Gasteiger partial charge in [0.25, 0.3) is 0 Å². The number of alkyl carbamates (subject to hydrolysis) is 1. The van der Waals surface area contributed by atoms with Crippen LogP contribution in [0.15, 0.2) is 60.7 Å². The van der Waals surface area contributed by atoms with Crippen molar-refractivity contribution in [2.75, 3.05) is 6.26 Å². The highest BCUT2D eigenvalue weighted by Gasteiger charge is 2.23. The summed E-state index contributed by atoms with van der Waals surface area (Å²) in [5.74, 6) is -1.26. The number of nitrogens with one attached hydrogen (secondary N) is 2. The predicted octanol–water partition coefficient (Wildman–Crippen LogP) is 2.66. The van der Waals surface area contributed by atoms with E-state index in [9.17, 15) is 22.8 Å². The Hall–Kier alpha value is -3.40. The second-order valence-corrected chi connectivity index (χ2v) is 9.14. The number of amides is 2. The maximum atomic E-state index is 12.6. The first-order valence-electron chi connectivity index (χ1n) is 10.4. The topological polar surface area (TPSA) is 128 Å². The average Bonchev–Trinajstić information content (AvgIpc) is 2.78. The van der Waals surface area contributed by atoms with E-state index in [1.54, 1.807) is 12.1 Å². The lowest BCUT2D eigenvalue weighted by Crippen LogP contribution is -2.42. The van der Waals surface area contributed by atoms with Gasteiger partial charge in [0, 0.05) is 6.42 Å². The van der Waals surface area contributed by atoms with Crippen LogP contribution in [-0.2, 0) is 42.3 Å². The van der Waals surface area contributed by atoms with Crippen molar-refractivity contribution in [3.8, 4) is 0 Å². The number of rotatable bonds is 12. The third kappa shape index (κ3) is 11.2. The molecule has 2 rings (SSSR count). The zero-order valence-electron chi connectivity index (χ0n) is 18.4. The summed E-state index contributed by atoms with van der Waals surface area (Å²) in [5.41, 5.74) is 1.60. The molecule has 0 bridgehead atoms. The molecule has 9 nitrogen and oxygen atoms in total. The minimum atomic E-state index is -3.62. The summed E-state index contributed by atoms with van der Waals surface area (Å²) in [5, 5.41) is 2.52. The molecule has 0 spiro atoms. The van der Waals surface area contributed by atoms with E-state index in [2.05, 4.69) is 5.32 Å². The van der Waals surface area contributed by atoms with E-state index >= 15 is 0 Å². The number of hydrogen-bond acceptors (Lipinski definition) is 7. The number of hydrogen-bond donors (Lipinski definition) is 2. The van der Waals surface area contributed by atoms with Gasteiger partial charge in [-0.05, 0) is 24.0 Å². The van der Waals surface area contributed by atoms with Crippen LogP contribution >= 0.6 is 0 Å². The van der Waals surface area contributed by atoms with Crippen LogP contribution in [0, 0.1) is 0 Å². The molecule has 0 radical (unpaired) electrons. The van der Waals surface area contributed by atoms with Gasteiger partial charge < -0.3 is 14.8 Å². The Balaban J connectivity index is 1.88. The minimum Gasteiger partial charge on any atom is -0.459 e. The van der Waals surface area contributed by atoms with Crippen LogP contribution in [0.3, 0.4) is 0 Å². The molecule has 2 aromatic carbocycles. The Kier molecular flexibility index (Phi) is 10.4.